The largest absolute Gasteiger partial charge is 0.416 e. The normalized spacial score (nSPS) is 11.8. The molecule has 0 unspecified atom stereocenters. The lowest BCUT2D eigenvalue weighted by molar-refractivity contribution is -0.137. The third-order valence-electron chi connectivity index (χ3n) is 3.95. The summed E-state index contributed by atoms with van der Waals surface area (Å²) < 4.78 is 37.8. The molecule has 0 aromatic heterocycles. The Balaban J connectivity index is 1.90. The zero-order valence-corrected chi connectivity index (χ0v) is 15.7. The number of nitrogens with zero attached hydrogens (tertiary/aromatic N) is 1. The van der Waals surface area contributed by atoms with E-state index in [1.54, 1.807) is 25.2 Å². The smallest absolute Gasteiger partial charge is 0.352 e. The van der Waals surface area contributed by atoms with Crippen LogP contribution in [0.15, 0.2) is 53.5 Å². The van der Waals surface area contributed by atoms with E-state index < -0.39 is 11.7 Å². The molecule has 0 aliphatic heterocycles. The van der Waals surface area contributed by atoms with Gasteiger partial charge in [0.05, 0.1) is 5.56 Å². The van der Waals surface area contributed by atoms with Crippen molar-refractivity contribution < 1.29 is 18.0 Å². The topological polar surface area (TPSA) is 65.5 Å². The SMILES string of the molecule is CCNC(=O)c1cccc(CNC(=NC)NCc2ccc(C(F)(F)F)cc2)c1. The number of carbonyl (C=O) groups excluding carboxylic acids is 1. The van der Waals surface area contributed by atoms with Gasteiger partial charge in [-0.2, -0.15) is 13.2 Å². The van der Waals surface area contributed by atoms with E-state index in [0.29, 0.717) is 36.7 Å². The summed E-state index contributed by atoms with van der Waals surface area (Å²) in [5, 5.41) is 8.92. The van der Waals surface area contributed by atoms with Crippen molar-refractivity contribution in [3.8, 4) is 0 Å². The molecule has 0 saturated carbocycles. The Morgan fingerprint density at radius 2 is 1.61 bits per heavy atom. The molecule has 2 rings (SSSR count). The predicted octanol–water partition coefficient (Wildman–Crippen LogP) is 3.32. The van der Waals surface area contributed by atoms with Gasteiger partial charge >= 0.3 is 6.18 Å². The van der Waals surface area contributed by atoms with Crippen molar-refractivity contribution in [2.24, 2.45) is 4.99 Å². The summed E-state index contributed by atoms with van der Waals surface area (Å²) in [5.74, 6) is 0.373. The minimum Gasteiger partial charge on any atom is -0.352 e. The van der Waals surface area contributed by atoms with Crippen molar-refractivity contribution in [2.45, 2.75) is 26.2 Å². The molecule has 0 aliphatic carbocycles. The van der Waals surface area contributed by atoms with Gasteiger partial charge in [-0.25, -0.2) is 0 Å². The number of benzene rings is 2. The third-order valence-corrected chi connectivity index (χ3v) is 3.95. The Kier molecular flexibility index (Phi) is 7.43. The number of alkyl halides is 3. The number of amides is 1. The molecule has 0 spiro atoms. The zero-order valence-electron chi connectivity index (χ0n) is 15.7. The van der Waals surface area contributed by atoms with Gasteiger partial charge in [-0.15, -0.1) is 0 Å². The molecule has 8 heteroatoms. The van der Waals surface area contributed by atoms with E-state index >= 15 is 0 Å². The van der Waals surface area contributed by atoms with Crippen molar-refractivity contribution in [1.82, 2.24) is 16.0 Å². The van der Waals surface area contributed by atoms with Crippen LogP contribution in [0.1, 0.15) is 34.0 Å². The van der Waals surface area contributed by atoms with Crippen LogP contribution in [-0.2, 0) is 19.3 Å². The average molecular weight is 392 g/mol. The van der Waals surface area contributed by atoms with E-state index in [1.165, 1.54) is 12.1 Å². The van der Waals surface area contributed by atoms with Crippen molar-refractivity contribution in [3.63, 3.8) is 0 Å². The lowest BCUT2D eigenvalue weighted by Gasteiger charge is -2.13. The monoisotopic (exact) mass is 392 g/mol. The van der Waals surface area contributed by atoms with Crippen LogP contribution in [0.25, 0.3) is 0 Å². The van der Waals surface area contributed by atoms with Crippen LogP contribution in [-0.4, -0.2) is 25.5 Å². The van der Waals surface area contributed by atoms with Gasteiger partial charge in [0.2, 0.25) is 0 Å². The molecule has 2 aromatic carbocycles. The molecule has 3 N–H and O–H groups in total. The molecule has 1 amide bonds. The maximum absolute atomic E-state index is 12.6. The molecule has 0 bridgehead atoms. The molecule has 2 aromatic rings. The van der Waals surface area contributed by atoms with Crippen molar-refractivity contribution >= 4 is 11.9 Å². The number of rotatable bonds is 6. The van der Waals surface area contributed by atoms with Crippen LogP contribution in [0, 0.1) is 0 Å². The summed E-state index contributed by atoms with van der Waals surface area (Å²) in [6.45, 7) is 3.19. The predicted molar refractivity (Wildman–Crippen MR) is 103 cm³/mol. The second kappa shape index (κ2) is 9.77. The Hall–Kier alpha value is -3.03. The quantitative estimate of drug-likeness (QED) is 0.522. The Morgan fingerprint density at radius 3 is 2.18 bits per heavy atom. The first kappa shape index (κ1) is 21.3. The minimum atomic E-state index is -4.34. The van der Waals surface area contributed by atoms with Crippen LogP contribution < -0.4 is 16.0 Å². The Morgan fingerprint density at radius 1 is 0.964 bits per heavy atom. The van der Waals surface area contributed by atoms with Crippen LogP contribution in [0.5, 0.6) is 0 Å². The zero-order chi connectivity index (χ0) is 20.6. The summed E-state index contributed by atoms with van der Waals surface area (Å²) in [7, 11) is 1.60. The highest BCUT2D eigenvalue weighted by atomic mass is 19.4. The fraction of sp³-hybridized carbons (Fsp3) is 0.300. The first-order valence-corrected chi connectivity index (χ1v) is 8.81. The van der Waals surface area contributed by atoms with Gasteiger partial charge in [0.25, 0.3) is 5.91 Å². The lowest BCUT2D eigenvalue weighted by atomic mass is 10.1. The molecule has 0 atom stereocenters. The number of hydrogen-bond donors (Lipinski definition) is 3. The van der Waals surface area contributed by atoms with Crippen LogP contribution in [0.2, 0.25) is 0 Å². The average Bonchev–Trinajstić information content (AvgIpc) is 2.68. The van der Waals surface area contributed by atoms with Crippen LogP contribution in [0.3, 0.4) is 0 Å². The third kappa shape index (κ3) is 6.29. The van der Waals surface area contributed by atoms with Gasteiger partial charge in [-0.3, -0.25) is 9.79 Å². The summed E-state index contributed by atoms with van der Waals surface area (Å²) in [6.07, 6.45) is -4.34. The highest BCUT2D eigenvalue weighted by Crippen LogP contribution is 2.29. The molecule has 5 nitrogen and oxygen atoms in total. The molecule has 0 saturated heterocycles. The number of carbonyl (C=O) groups is 1. The van der Waals surface area contributed by atoms with Crippen LogP contribution in [0.4, 0.5) is 13.2 Å². The van der Waals surface area contributed by atoms with Crippen LogP contribution >= 0.6 is 0 Å². The molecular weight excluding hydrogens is 369 g/mol. The molecule has 150 valence electrons. The molecule has 0 radical (unpaired) electrons. The standard InChI is InChI=1S/C20H23F3N4O/c1-3-25-18(28)16-6-4-5-15(11-16)13-27-19(24-2)26-12-14-7-9-17(10-8-14)20(21,22)23/h4-11H,3,12-13H2,1-2H3,(H,25,28)(H2,24,26,27). The summed E-state index contributed by atoms with van der Waals surface area (Å²) >= 11 is 0. The fourth-order valence-electron chi connectivity index (χ4n) is 2.49. The second-order valence-corrected chi connectivity index (χ2v) is 6.03. The number of halogens is 3. The highest BCUT2D eigenvalue weighted by molar-refractivity contribution is 5.94. The van der Waals surface area contributed by atoms with Gasteiger partial charge in [-0.1, -0.05) is 24.3 Å². The maximum atomic E-state index is 12.6. The number of aliphatic imine (C=N–C) groups is 1. The first-order chi connectivity index (χ1) is 13.3. The molecule has 0 aliphatic rings. The van der Waals surface area contributed by atoms with E-state index in [2.05, 4.69) is 20.9 Å². The Labute approximate surface area is 162 Å². The minimum absolute atomic E-state index is 0.130. The maximum Gasteiger partial charge on any atom is 0.416 e. The van der Waals surface area contributed by atoms with Crippen molar-refractivity contribution in [2.75, 3.05) is 13.6 Å². The molecular formula is C20H23F3N4O. The molecule has 28 heavy (non-hydrogen) atoms. The van der Waals surface area contributed by atoms with Gasteiger partial charge in [-0.05, 0) is 42.3 Å². The van der Waals surface area contributed by atoms with Gasteiger partial charge in [0, 0.05) is 32.2 Å². The van der Waals surface area contributed by atoms with Gasteiger partial charge in [0.15, 0.2) is 5.96 Å². The molecule has 0 heterocycles. The second-order valence-electron chi connectivity index (χ2n) is 6.03. The Bertz CT molecular complexity index is 817. The van der Waals surface area contributed by atoms with Crippen molar-refractivity contribution in [1.29, 1.82) is 0 Å². The summed E-state index contributed by atoms with van der Waals surface area (Å²) in [4.78, 5) is 16.0. The van der Waals surface area contributed by atoms with E-state index in [9.17, 15) is 18.0 Å². The number of nitrogens with one attached hydrogen (secondary N) is 3. The summed E-state index contributed by atoms with van der Waals surface area (Å²) in [6, 6.07) is 12.2. The van der Waals surface area contributed by atoms with E-state index in [-0.39, 0.29) is 5.91 Å². The summed E-state index contributed by atoms with van der Waals surface area (Å²) in [5.41, 5.74) is 1.51. The fourth-order valence-corrected chi connectivity index (χ4v) is 2.49. The van der Waals surface area contributed by atoms with E-state index in [4.69, 9.17) is 0 Å². The van der Waals surface area contributed by atoms with E-state index in [1.807, 2.05) is 13.0 Å². The van der Waals surface area contributed by atoms with Crippen molar-refractivity contribution in [3.05, 3.63) is 70.8 Å². The van der Waals surface area contributed by atoms with Gasteiger partial charge in [0.1, 0.15) is 0 Å². The number of guanidine groups is 1. The van der Waals surface area contributed by atoms with E-state index in [0.717, 1.165) is 17.7 Å². The van der Waals surface area contributed by atoms with Gasteiger partial charge < -0.3 is 16.0 Å². The highest BCUT2D eigenvalue weighted by Gasteiger charge is 2.29. The first-order valence-electron chi connectivity index (χ1n) is 8.81. The number of hydrogen-bond acceptors (Lipinski definition) is 2. The lowest BCUT2D eigenvalue weighted by Crippen LogP contribution is -2.36. The molecule has 0 fully saturated rings.